The van der Waals surface area contributed by atoms with Gasteiger partial charge >= 0.3 is 0 Å². The van der Waals surface area contributed by atoms with Gasteiger partial charge in [0, 0.05) is 28.5 Å². The van der Waals surface area contributed by atoms with Crippen LogP contribution in [-0.4, -0.2) is 24.3 Å². The Bertz CT molecular complexity index is 1740. The van der Waals surface area contributed by atoms with Crippen molar-refractivity contribution in [2.45, 2.75) is 0 Å². The van der Waals surface area contributed by atoms with Crippen LogP contribution in [0, 0.1) is 0 Å². The second-order valence-corrected chi connectivity index (χ2v) is 8.68. The van der Waals surface area contributed by atoms with Crippen LogP contribution in [0.25, 0.3) is 44.9 Å². The summed E-state index contributed by atoms with van der Waals surface area (Å²) in [6, 6.07) is 28.2. The van der Waals surface area contributed by atoms with E-state index >= 15 is 0 Å². The number of aromatic nitrogens is 5. The predicted octanol–water partition coefficient (Wildman–Crippen LogP) is 5.54. The van der Waals surface area contributed by atoms with Gasteiger partial charge in [-0.05, 0) is 54.1 Å². The molecule has 6 aromatic rings. The van der Waals surface area contributed by atoms with Gasteiger partial charge in [-0.25, -0.2) is 14.6 Å². The molecule has 0 atom stereocenters. The van der Waals surface area contributed by atoms with Crippen molar-refractivity contribution < 1.29 is 0 Å². The van der Waals surface area contributed by atoms with Crippen molar-refractivity contribution in [1.29, 1.82) is 0 Å². The Morgan fingerprint density at radius 2 is 1.44 bits per heavy atom. The smallest absolute Gasteiger partial charge is 0.269 e. The highest BCUT2D eigenvalue weighted by Gasteiger charge is 2.18. The largest absolute Gasteiger partial charge is 0.384 e. The predicted molar refractivity (Wildman–Crippen MR) is 143 cm³/mol. The zero-order chi connectivity index (χ0) is 24.6. The van der Waals surface area contributed by atoms with E-state index in [-0.39, 0.29) is 5.56 Å². The van der Waals surface area contributed by atoms with Crippen LogP contribution in [0.4, 0.5) is 5.82 Å². The average molecular weight is 491 g/mol. The summed E-state index contributed by atoms with van der Waals surface area (Å²) in [5.41, 5.74) is 10.1. The second kappa shape index (κ2) is 8.79. The van der Waals surface area contributed by atoms with Crippen LogP contribution < -0.4 is 11.3 Å². The van der Waals surface area contributed by atoms with Crippen LogP contribution >= 0.6 is 11.6 Å². The molecule has 7 nitrogen and oxygen atoms in total. The maximum Gasteiger partial charge on any atom is 0.269 e. The third-order valence-electron chi connectivity index (χ3n) is 5.92. The molecular weight excluding hydrogens is 472 g/mol. The third-order valence-corrected chi connectivity index (χ3v) is 6.17. The molecule has 0 saturated heterocycles. The van der Waals surface area contributed by atoms with Gasteiger partial charge in [-0.15, -0.1) is 5.10 Å². The molecule has 0 bridgehead atoms. The zero-order valence-electron chi connectivity index (χ0n) is 18.9. The number of anilines is 1. The highest BCUT2D eigenvalue weighted by molar-refractivity contribution is 6.30. The summed E-state index contributed by atoms with van der Waals surface area (Å²) in [5, 5.41) is 5.61. The quantitative estimate of drug-likeness (QED) is 0.350. The molecule has 6 rings (SSSR count). The molecule has 0 saturated carbocycles. The third kappa shape index (κ3) is 3.91. The fourth-order valence-electron chi connectivity index (χ4n) is 4.09. The fourth-order valence-corrected chi connectivity index (χ4v) is 4.22. The first-order valence-electron chi connectivity index (χ1n) is 11.2. The molecule has 3 aromatic heterocycles. The molecule has 2 N–H and O–H groups in total. The standard InChI is InChI=1S/C28H19ClN6O/c29-21-11-13-23(14-12-21)35-27(19-8-6-18(7-9-19)20-10-15-25(30)31-16-20)32-26-24(28(35)36)17-34(33-26)22-4-2-1-3-5-22/h1-17H,(H2,30,31). The highest BCUT2D eigenvalue weighted by atomic mass is 35.5. The topological polar surface area (TPSA) is 91.6 Å². The number of fused-ring (bicyclic) bond motifs is 1. The molecule has 3 aromatic carbocycles. The van der Waals surface area contributed by atoms with Gasteiger partial charge in [0.1, 0.15) is 17.0 Å². The van der Waals surface area contributed by atoms with E-state index in [9.17, 15) is 4.79 Å². The molecule has 0 aliphatic heterocycles. The number of hydrogen-bond donors (Lipinski definition) is 1. The lowest BCUT2D eigenvalue weighted by Gasteiger charge is -2.13. The summed E-state index contributed by atoms with van der Waals surface area (Å²) in [4.78, 5) is 22.8. The number of rotatable bonds is 4. The first-order valence-corrected chi connectivity index (χ1v) is 11.6. The molecule has 0 fully saturated rings. The van der Waals surface area contributed by atoms with Gasteiger partial charge in [-0.2, -0.15) is 0 Å². The summed E-state index contributed by atoms with van der Waals surface area (Å²) in [6.45, 7) is 0. The van der Waals surface area contributed by atoms with E-state index in [1.165, 1.54) is 0 Å². The molecule has 36 heavy (non-hydrogen) atoms. The Balaban J connectivity index is 1.54. The summed E-state index contributed by atoms with van der Waals surface area (Å²) >= 11 is 6.12. The summed E-state index contributed by atoms with van der Waals surface area (Å²) in [6.07, 6.45) is 3.45. The van der Waals surface area contributed by atoms with Crippen LogP contribution in [-0.2, 0) is 0 Å². The number of para-hydroxylation sites is 1. The van der Waals surface area contributed by atoms with Crippen molar-refractivity contribution in [2.24, 2.45) is 0 Å². The van der Waals surface area contributed by atoms with Crippen molar-refractivity contribution in [3.05, 3.63) is 119 Å². The van der Waals surface area contributed by atoms with Crippen LogP contribution in [0.15, 0.2) is 108 Å². The first-order chi connectivity index (χ1) is 17.6. The molecular formula is C28H19ClN6O. The maximum absolute atomic E-state index is 13.8. The van der Waals surface area contributed by atoms with Gasteiger partial charge in [0.25, 0.3) is 5.56 Å². The number of nitrogens with zero attached hydrogens (tertiary/aromatic N) is 5. The lowest BCUT2D eigenvalue weighted by molar-refractivity contribution is 0.888. The van der Waals surface area contributed by atoms with Gasteiger partial charge in [0.2, 0.25) is 0 Å². The average Bonchev–Trinajstić information content (AvgIpc) is 3.35. The van der Waals surface area contributed by atoms with Gasteiger partial charge < -0.3 is 5.73 Å². The molecule has 0 aliphatic carbocycles. The lowest BCUT2D eigenvalue weighted by Crippen LogP contribution is -2.21. The highest BCUT2D eigenvalue weighted by Crippen LogP contribution is 2.26. The van der Waals surface area contributed by atoms with Gasteiger partial charge in [-0.1, -0.05) is 54.1 Å². The minimum absolute atomic E-state index is 0.216. The van der Waals surface area contributed by atoms with Gasteiger partial charge in [0.15, 0.2) is 5.65 Å². The Labute approximate surface area is 211 Å². The van der Waals surface area contributed by atoms with Gasteiger partial charge in [0.05, 0.1) is 11.4 Å². The number of nitrogens with two attached hydrogens (primary N) is 1. The Kier molecular flexibility index (Phi) is 5.32. The molecule has 0 spiro atoms. The van der Waals surface area contributed by atoms with Crippen molar-refractivity contribution in [3.8, 4) is 33.9 Å². The second-order valence-electron chi connectivity index (χ2n) is 8.25. The van der Waals surface area contributed by atoms with Crippen LogP contribution in [0.1, 0.15) is 0 Å². The van der Waals surface area contributed by atoms with E-state index in [0.29, 0.717) is 33.4 Å². The van der Waals surface area contributed by atoms with E-state index in [4.69, 9.17) is 22.3 Å². The Morgan fingerprint density at radius 1 is 0.750 bits per heavy atom. The Hall–Kier alpha value is -4.75. The fraction of sp³-hybridized carbons (Fsp3) is 0. The normalized spacial score (nSPS) is 11.1. The van der Waals surface area contributed by atoms with Crippen molar-refractivity contribution in [3.63, 3.8) is 0 Å². The van der Waals surface area contributed by atoms with Crippen molar-refractivity contribution >= 4 is 28.5 Å². The summed E-state index contributed by atoms with van der Waals surface area (Å²) < 4.78 is 3.27. The zero-order valence-corrected chi connectivity index (χ0v) is 19.7. The monoisotopic (exact) mass is 490 g/mol. The van der Waals surface area contributed by atoms with E-state index in [0.717, 1.165) is 22.4 Å². The van der Waals surface area contributed by atoms with Crippen molar-refractivity contribution in [1.82, 2.24) is 24.3 Å². The molecule has 174 valence electrons. The van der Waals surface area contributed by atoms with E-state index in [2.05, 4.69) is 10.1 Å². The maximum atomic E-state index is 13.8. The number of pyridine rings is 1. The minimum atomic E-state index is -0.216. The number of hydrogen-bond acceptors (Lipinski definition) is 5. The van der Waals surface area contributed by atoms with Crippen LogP contribution in [0.5, 0.6) is 0 Å². The van der Waals surface area contributed by atoms with Gasteiger partial charge in [-0.3, -0.25) is 9.36 Å². The SMILES string of the molecule is Nc1ccc(-c2ccc(-c3nc4nn(-c5ccccc5)cc4c(=O)n3-c3ccc(Cl)cc3)cc2)cn1. The number of benzene rings is 3. The molecule has 0 radical (unpaired) electrons. The summed E-state index contributed by atoms with van der Waals surface area (Å²) in [7, 11) is 0. The Morgan fingerprint density at radius 3 is 2.14 bits per heavy atom. The van der Waals surface area contributed by atoms with E-state index < -0.39 is 0 Å². The molecule has 0 aliphatic rings. The lowest BCUT2D eigenvalue weighted by atomic mass is 10.0. The van der Waals surface area contributed by atoms with E-state index in [1.807, 2.05) is 60.7 Å². The molecule has 8 heteroatoms. The number of halogens is 1. The van der Waals surface area contributed by atoms with Crippen LogP contribution in [0.2, 0.25) is 5.02 Å². The molecule has 0 amide bonds. The number of nitrogen functional groups attached to an aromatic ring is 1. The van der Waals surface area contributed by atoms with Crippen LogP contribution in [0.3, 0.4) is 0 Å². The minimum Gasteiger partial charge on any atom is -0.384 e. The van der Waals surface area contributed by atoms with E-state index in [1.54, 1.807) is 52.0 Å². The summed E-state index contributed by atoms with van der Waals surface area (Å²) in [5.74, 6) is 0.949. The molecule has 0 unspecified atom stereocenters. The first kappa shape index (κ1) is 21.8. The van der Waals surface area contributed by atoms with Crippen molar-refractivity contribution in [2.75, 3.05) is 5.73 Å². The molecule has 3 heterocycles.